The number of halogens is 8. The van der Waals surface area contributed by atoms with Gasteiger partial charge in [0, 0.05) is 15.9 Å². The van der Waals surface area contributed by atoms with Gasteiger partial charge >= 0.3 is 27.5 Å². The van der Waals surface area contributed by atoms with Crippen molar-refractivity contribution >= 4 is 60.9 Å². The average Bonchev–Trinajstić information content (AvgIpc) is 2.78. The Morgan fingerprint density at radius 1 is 0.611 bits per heavy atom. The maximum atomic E-state index is 12.7. The Bertz CT molecular complexity index is 1140. The van der Waals surface area contributed by atoms with Crippen LogP contribution in [0.3, 0.4) is 0 Å². The second-order valence-corrected chi connectivity index (χ2v) is 7.49. The zero-order chi connectivity index (χ0) is 27.8. The molecule has 0 bridgehead atoms. The van der Waals surface area contributed by atoms with Crippen LogP contribution in [-0.2, 0) is 6.18 Å². The number of benzene rings is 3. The first-order valence-corrected chi connectivity index (χ1v) is 10.2. The van der Waals surface area contributed by atoms with E-state index in [0.29, 0.717) is 0 Å². The molecule has 0 atom stereocenters. The first-order valence-electron chi connectivity index (χ1n) is 9.40. The van der Waals surface area contributed by atoms with Crippen LogP contribution in [0.15, 0.2) is 54.6 Å². The average molecular weight is 557 g/mol. The van der Waals surface area contributed by atoms with Crippen LogP contribution in [-0.4, -0.2) is 51.5 Å². The van der Waals surface area contributed by atoms with Crippen molar-refractivity contribution in [2.75, 3.05) is 0 Å². The molecule has 17 heteroatoms. The van der Waals surface area contributed by atoms with E-state index in [2.05, 4.69) is 0 Å². The van der Waals surface area contributed by atoms with E-state index in [9.17, 15) is 26.3 Å². The molecule has 0 saturated carbocycles. The second kappa shape index (κ2) is 13.9. The molecule has 6 N–H and O–H groups in total. The van der Waals surface area contributed by atoms with Gasteiger partial charge in [0.15, 0.2) is 11.6 Å². The summed E-state index contributed by atoms with van der Waals surface area (Å²) in [6.07, 6.45) is -4.39. The lowest BCUT2D eigenvalue weighted by atomic mass is 9.80. The van der Waals surface area contributed by atoms with Crippen LogP contribution < -0.4 is 16.4 Å². The highest BCUT2D eigenvalue weighted by molar-refractivity contribution is 6.63. The summed E-state index contributed by atoms with van der Waals surface area (Å²) in [5, 5.41) is 51.4. The SMILES string of the molecule is OB(O)c1cc(F)c(Cl)cc1Cl.OB(O)c1ccc(C(F)(F)F)cc1.OB(O)c1cccc(F)c1F. The maximum absolute atomic E-state index is 12.7. The molecule has 192 valence electrons. The molecule has 0 aliphatic heterocycles. The number of hydrogen-bond acceptors (Lipinski definition) is 6. The largest absolute Gasteiger partial charge is 0.491 e. The number of rotatable bonds is 3. The molecular weight excluding hydrogens is 542 g/mol. The predicted octanol–water partition coefficient (Wildman–Crippen LogP) is 0.842. The van der Waals surface area contributed by atoms with Gasteiger partial charge in [-0.2, -0.15) is 13.2 Å². The summed E-state index contributed by atoms with van der Waals surface area (Å²) in [4.78, 5) is 0. The van der Waals surface area contributed by atoms with Crippen molar-refractivity contribution in [3.8, 4) is 0 Å². The highest BCUT2D eigenvalue weighted by Gasteiger charge is 2.30. The first kappa shape index (κ1) is 31.8. The third kappa shape index (κ3) is 9.67. The molecule has 0 spiro atoms. The van der Waals surface area contributed by atoms with Gasteiger partial charge in [-0.1, -0.05) is 59.6 Å². The standard InChI is InChI=1S/C7H6BF3O2.C6H4BCl2FO2.C6H5BF2O2/c9-7(10,11)5-1-3-6(4-2-5)8(12)13;8-4-2-5(9)6(10)1-3(4)7(11)12;8-5-3-1-2-4(6(5)9)7(10)11/h1-4,12-13H;1-2,11-12H;1-3,10-11H. The minimum atomic E-state index is -4.39. The second-order valence-electron chi connectivity index (χ2n) is 6.67. The summed E-state index contributed by atoms with van der Waals surface area (Å²) in [6.45, 7) is 0. The molecule has 0 amide bonds. The van der Waals surface area contributed by atoms with Crippen LogP contribution in [0.4, 0.5) is 26.3 Å². The van der Waals surface area contributed by atoms with E-state index in [4.69, 9.17) is 53.3 Å². The topological polar surface area (TPSA) is 121 Å². The fourth-order valence-electron chi connectivity index (χ4n) is 2.30. The molecule has 3 aromatic rings. The van der Waals surface area contributed by atoms with Crippen LogP contribution in [0.2, 0.25) is 10.0 Å². The van der Waals surface area contributed by atoms with Crippen LogP contribution in [0, 0.1) is 17.5 Å². The monoisotopic (exact) mass is 556 g/mol. The fraction of sp³-hybridized carbons (Fsp3) is 0.0526. The molecule has 0 radical (unpaired) electrons. The summed E-state index contributed by atoms with van der Waals surface area (Å²) in [5.74, 6) is -3.04. The molecule has 3 rings (SSSR count). The van der Waals surface area contributed by atoms with E-state index >= 15 is 0 Å². The molecular formula is C19H15B3Cl2F6O6. The highest BCUT2D eigenvalue weighted by Crippen LogP contribution is 2.28. The van der Waals surface area contributed by atoms with Crippen molar-refractivity contribution < 1.29 is 56.5 Å². The summed E-state index contributed by atoms with van der Waals surface area (Å²) >= 11 is 10.9. The smallest absolute Gasteiger partial charge is 0.423 e. The molecule has 0 aromatic heterocycles. The highest BCUT2D eigenvalue weighted by atomic mass is 35.5. The third-order valence-corrected chi connectivity index (χ3v) is 4.73. The van der Waals surface area contributed by atoms with Crippen molar-refractivity contribution in [1.82, 2.24) is 0 Å². The number of alkyl halides is 3. The molecule has 0 heterocycles. The van der Waals surface area contributed by atoms with E-state index in [1.807, 2.05) is 0 Å². The van der Waals surface area contributed by atoms with Crippen molar-refractivity contribution in [2.45, 2.75) is 6.18 Å². The van der Waals surface area contributed by atoms with Gasteiger partial charge in [-0.25, -0.2) is 13.2 Å². The molecule has 3 aromatic carbocycles. The van der Waals surface area contributed by atoms with E-state index in [-0.39, 0.29) is 21.0 Å². The normalized spacial score (nSPS) is 10.5. The minimum Gasteiger partial charge on any atom is -0.423 e. The quantitative estimate of drug-likeness (QED) is 0.162. The van der Waals surface area contributed by atoms with E-state index in [0.717, 1.165) is 48.5 Å². The lowest BCUT2D eigenvalue weighted by Crippen LogP contribution is -2.33. The van der Waals surface area contributed by atoms with E-state index in [1.165, 1.54) is 6.07 Å². The van der Waals surface area contributed by atoms with E-state index in [1.54, 1.807) is 0 Å². The van der Waals surface area contributed by atoms with Gasteiger partial charge in [-0.3, -0.25) is 0 Å². The Morgan fingerprint density at radius 3 is 1.56 bits per heavy atom. The molecule has 0 unspecified atom stereocenters. The Kier molecular flexibility index (Phi) is 12.3. The van der Waals surface area contributed by atoms with Crippen LogP contribution >= 0.6 is 23.2 Å². The Balaban J connectivity index is 0.000000271. The summed E-state index contributed by atoms with van der Waals surface area (Å²) in [7, 11) is -5.49. The van der Waals surface area contributed by atoms with Crippen LogP contribution in [0.25, 0.3) is 0 Å². The minimum absolute atomic E-state index is 0.0244. The van der Waals surface area contributed by atoms with Crippen molar-refractivity contribution in [2.24, 2.45) is 0 Å². The fourth-order valence-corrected chi connectivity index (χ4v) is 2.78. The van der Waals surface area contributed by atoms with Crippen molar-refractivity contribution in [3.63, 3.8) is 0 Å². The summed E-state index contributed by atoms with van der Waals surface area (Å²) < 4.78 is 73.6. The van der Waals surface area contributed by atoms with Crippen molar-refractivity contribution in [3.05, 3.63) is 87.7 Å². The lowest BCUT2D eigenvalue weighted by molar-refractivity contribution is -0.137. The predicted molar refractivity (Wildman–Crippen MR) is 124 cm³/mol. The molecule has 6 nitrogen and oxygen atoms in total. The van der Waals surface area contributed by atoms with Gasteiger partial charge in [-0.15, -0.1) is 0 Å². The maximum Gasteiger partial charge on any atom is 0.491 e. The summed E-state index contributed by atoms with van der Waals surface area (Å²) in [5.41, 5.74) is -1.33. The Labute approximate surface area is 211 Å². The molecule has 0 fully saturated rings. The van der Waals surface area contributed by atoms with Gasteiger partial charge in [0.05, 0.1) is 10.6 Å². The molecule has 36 heavy (non-hydrogen) atoms. The van der Waals surface area contributed by atoms with Gasteiger partial charge in [0.1, 0.15) is 5.82 Å². The molecule has 0 aliphatic rings. The zero-order valence-electron chi connectivity index (χ0n) is 17.6. The van der Waals surface area contributed by atoms with Crippen molar-refractivity contribution in [1.29, 1.82) is 0 Å². The van der Waals surface area contributed by atoms with Crippen LogP contribution in [0.1, 0.15) is 5.56 Å². The van der Waals surface area contributed by atoms with Gasteiger partial charge in [0.2, 0.25) is 0 Å². The molecule has 0 saturated heterocycles. The Hall–Kier alpha value is -2.23. The molecule has 0 aliphatic carbocycles. The van der Waals surface area contributed by atoms with E-state index < -0.39 is 56.0 Å². The zero-order valence-corrected chi connectivity index (χ0v) is 19.1. The third-order valence-electron chi connectivity index (χ3n) is 4.11. The first-order chi connectivity index (χ1) is 16.6. The van der Waals surface area contributed by atoms with Crippen LogP contribution in [0.5, 0.6) is 0 Å². The van der Waals surface area contributed by atoms with Gasteiger partial charge < -0.3 is 30.1 Å². The lowest BCUT2D eigenvalue weighted by Gasteiger charge is -2.06. The Morgan fingerprint density at radius 2 is 1.14 bits per heavy atom. The van der Waals surface area contributed by atoms with Gasteiger partial charge in [0.25, 0.3) is 0 Å². The summed E-state index contributed by atoms with van der Waals surface area (Å²) in [6, 6.07) is 8.85. The number of hydrogen-bond donors (Lipinski definition) is 6. The van der Waals surface area contributed by atoms with Gasteiger partial charge in [-0.05, 0) is 23.7 Å².